The highest BCUT2D eigenvalue weighted by Crippen LogP contribution is 2.34. The van der Waals surface area contributed by atoms with Crippen LogP contribution in [-0.2, 0) is 9.59 Å². The van der Waals surface area contributed by atoms with Crippen molar-refractivity contribution >= 4 is 34.9 Å². The Morgan fingerprint density at radius 1 is 1.06 bits per heavy atom. The lowest BCUT2D eigenvalue weighted by molar-refractivity contribution is -0.136. The lowest BCUT2D eigenvalue weighted by atomic mass is 10.0. The minimum absolute atomic E-state index is 0.152. The van der Waals surface area contributed by atoms with Crippen LogP contribution < -0.4 is 0 Å². The standard InChI is InChI=1S/C26H31N3O3S/c1-17(2)20-8-10-22(11-9-20)29-18(3)14-21(19(29)4)15-23-25(31)28(26(32)33-23)16-24(30)27-12-6-5-7-13-27/h8-11,14-15,17H,5-7,12-13,16H2,1-4H3. The summed E-state index contributed by atoms with van der Waals surface area (Å²) in [6.07, 6.45) is 4.85. The van der Waals surface area contributed by atoms with Gasteiger partial charge in [0.1, 0.15) is 6.54 Å². The average molecular weight is 466 g/mol. The predicted molar refractivity (Wildman–Crippen MR) is 132 cm³/mol. The fourth-order valence-corrected chi connectivity index (χ4v) is 5.32. The fraction of sp³-hybridized carbons (Fsp3) is 0.423. The van der Waals surface area contributed by atoms with Crippen LogP contribution >= 0.6 is 11.8 Å². The molecule has 3 heterocycles. The van der Waals surface area contributed by atoms with Crippen LogP contribution in [0.2, 0.25) is 0 Å². The Hall–Kier alpha value is -2.80. The van der Waals surface area contributed by atoms with Crippen LogP contribution in [0.25, 0.3) is 11.8 Å². The topological polar surface area (TPSA) is 62.6 Å². The summed E-state index contributed by atoms with van der Waals surface area (Å²) in [5.74, 6) is -0.0680. The number of carbonyl (C=O) groups is 3. The van der Waals surface area contributed by atoms with Gasteiger partial charge in [0.2, 0.25) is 5.91 Å². The Kier molecular flexibility index (Phi) is 6.79. The summed E-state index contributed by atoms with van der Waals surface area (Å²) in [7, 11) is 0. The van der Waals surface area contributed by atoms with E-state index in [4.69, 9.17) is 0 Å². The van der Waals surface area contributed by atoms with Crippen molar-refractivity contribution in [2.24, 2.45) is 0 Å². The molecular weight excluding hydrogens is 434 g/mol. The van der Waals surface area contributed by atoms with Crippen LogP contribution in [-0.4, -0.2) is 51.1 Å². The molecule has 2 aromatic rings. The van der Waals surface area contributed by atoms with Crippen LogP contribution in [0.3, 0.4) is 0 Å². The van der Waals surface area contributed by atoms with Gasteiger partial charge in [-0.2, -0.15) is 0 Å². The van der Waals surface area contributed by atoms with Crippen molar-refractivity contribution in [3.63, 3.8) is 0 Å². The Labute approximate surface area is 199 Å². The summed E-state index contributed by atoms with van der Waals surface area (Å²) in [6, 6.07) is 10.5. The molecular formula is C26H31N3O3S. The second-order valence-electron chi connectivity index (χ2n) is 9.12. The minimum Gasteiger partial charge on any atom is -0.341 e. The third-order valence-electron chi connectivity index (χ3n) is 6.45. The Morgan fingerprint density at radius 2 is 1.73 bits per heavy atom. The van der Waals surface area contributed by atoms with E-state index in [2.05, 4.69) is 42.7 Å². The molecule has 0 unspecified atom stereocenters. The Morgan fingerprint density at radius 3 is 2.36 bits per heavy atom. The molecule has 3 amide bonds. The summed E-state index contributed by atoms with van der Waals surface area (Å²) in [5.41, 5.74) is 5.30. The van der Waals surface area contributed by atoms with Gasteiger partial charge in [0.25, 0.3) is 11.1 Å². The van der Waals surface area contributed by atoms with Gasteiger partial charge in [0.15, 0.2) is 0 Å². The van der Waals surface area contributed by atoms with Crippen molar-refractivity contribution in [1.82, 2.24) is 14.4 Å². The van der Waals surface area contributed by atoms with Crippen LogP contribution in [0.4, 0.5) is 4.79 Å². The number of aromatic nitrogens is 1. The van der Waals surface area contributed by atoms with Crippen molar-refractivity contribution in [2.45, 2.75) is 52.9 Å². The zero-order chi connectivity index (χ0) is 23.7. The molecule has 0 spiro atoms. The molecule has 2 aliphatic heterocycles. The monoisotopic (exact) mass is 465 g/mol. The van der Waals surface area contributed by atoms with Gasteiger partial charge < -0.3 is 9.47 Å². The molecule has 1 aromatic carbocycles. The number of carbonyl (C=O) groups excluding carboxylic acids is 3. The highest BCUT2D eigenvalue weighted by molar-refractivity contribution is 8.18. The van der Waals surface area contributed by atoms with Gasteiger partial charge in [-0.3, -0.25) is 19.3 Å². The first-order valence-electron chi connectivity index (χ1n) is 11.6. The van der Waals surface area contributed by atoms with Crippen LogP contribution in [0.5, 0.6) is 0 Å². The molecule has 0 atom stereocenters. The number of aryl methyl sites for hydroxylation is 1. The number of likely N-dealkylation sites (tertiary alicyclic amines) is 1. The molecule has 0 saturated carbocycles. The second kappa shape index (κ2) is 9.59. The van der Waals surface area contributed by atoms with Crippen molar-refractivity contribution in [3.8, 4) is 5.69 Å². The molecule has 2 fully saturated rings. The summed E-state index contributed by atoms with van der Waals surface area (Å²) in [6.45, 7) is 9.62. The highest BCUT2D eigenvalue weighted by Gasteiger charge is 2.37. The normalized spacial score (nSPS) is 18.2. The van der Waals surface area contributed by atoms with E-state index in [1.807, 2.05) is 19.9 Å². The molecule has 1 aromatic heterocycles. The third kappa shape index (κ3) is 4.78. The number of piperidine rings is 1. The zero-order valence-electron chi connectivity index (χ0n) is 19.8. The van der Waals surface area contributed by atoms with E-state index in [1.54, 1.807) is 11.0 Å². The van der Waals surface area contributed by atoms with Gasteiger partial charge in [0, 0.05) is 30.2 Å². The van der Waals surface area contributed by atoms with E-state index in [0.717, 1.165) is 58.6 Å². The molecule has 0 aliphatic carbocycles. The first-order valence-corrected chi connectivity index (χ1v) is 12.4. The smallest absolute Gasteiger partial charge is 0.294 e. The van der Waals surface area contributed by atoms with Gasteiger partial charge in [-0.25, -0.2) is 0 Å². The van der Waals surface area contributed by atoms with Crippen molar-refractivity contribution in [1.29, 1.82) is 0 Å². The fourth-order valence-electron chi connectivity index (χ4n) is 4.50. The summed E-state index contributed by atoms with van der Waals surface area (Å²) < 4.78 is 2.15. The van der Waals surface area contributed by atoms with E-state index < -0.39 is 0 Å². The SMILES string of the molecule is Cc1cc(C=C2SC(=O)N(CC(=O)N3CCCCC3)C2=O)c(C)n1-c1ccc(C(C)C)cc1. The zero-order valence-corrected chi connectivity index (χ0v) is 20.6. The third-order valence-corrected chi connectivity index (χ3v) is 7.36. The van der Waals surface area contributed by atoms with Gasteiger partial charge in [-0.05, 0) is 86.2 Å². The number of amides is 3. The largest absolute Gasteiger partial charge is 0.341 e. The van der Waals surface area contributed by atoms with Crippen molar-refractivity contribution in [3.05, 3.63) is 57.8 Å². The number of imide groups is 1. The maximum absolute atomic E-state index is 13.0. The maximum atomic E-state index is 13.0. The number of rotatable bonds is 5. The molecule has 0 bridgehead atoms. The lowest BCUT2D eigenvalue weighted by Gasteiger charge is -2.27. The molecule has 0 N–H and O–H groups in total. The molecule has 7 heteroatoms. The average Bonchev–Trinajstić information content (AvgIpc) is 3.23. The second-order valence-corrected chi connectivity index (χ2v) is 10.1. The van der Waals surface area contributed by atoms with Crippen LogP contribution in [0.15, 0.2) is 35.2 Å². The summed E-state index contributed by atoms with van der Waals surface area (Å²) >= 11 is 0.909. The molecule has 2 aliphatic rings. The first-order chi connectivity index (χ1) is 15.8. The maximum Gasteiger partial charge on any atom is 0.294 e. The van der Waals surface area contributed by atoms with Gasteiger partial charge in [0.05, 0.1) is 4.91 Å². The Bertz CT molecular complexity index is 1110. The van der Waals surface area contributed by atoms with Gasteiger partial charge in [-0.15, -0.1) is 0 Å². The number of benzene rings is 1. The number of hydrogen-bond acceptors (Lipinski definition) is 4. The van der Waals surface area contributed by atoms with Crippen molar-refractivity contribution in [2.75, 3.05) is 19.6 Å². The highest BCUT2D eigenvalue weighted by atomic mass is 32.2. The number of nitrogens with zero attached hydrogens (tertiary/aromatic N) is 3. The molecule has 174 valence electrons. The van der Waals surface area contributed by atoms with E-state index in [0.29, 0.717) is 23.9 Å². The summed E-state index contributed by atoms with van der Waals surface area (Å²) in [5, 5.41) is -0.380. The molecule has 33 heavy (non-hydrogen) atoms. The molecule has 6 nitrogen and oxygen atoms in total. The molecule has 2 saturated heterocycles. The van der Waals surface area contributed by atoms with Crippen LogP contribution in [0, 0.1) is 13.8 Å². The Balaban J connectivity index is 1.54. The number of hydrogen-bond donors (Lipinski definition) is 0. The van der Waals surface area contributed by atoms with Gasteiger partial charge in [-0.1, -0.05) is 26.0 Å². The number of thioether (sulfide) groups is 1. The van der Waals surface area contributed by atoms with Crippen LogP contribution in [0.1, 0.15) is 61.5 Å². The lowest BCUT2D eigenvalue weighted by Crippen LogP contribution is -2.44. The van der Waals surface area contributed by atoms with E-state index in [1.165, 1.54) is 5.56 Å². The predicted octanol–water partition coefficient (Wildman–Crippen LogP) is 5.27. The van der Waals surface area contributed by atoms with Crippen molar-refractivity contribution < 1.29 is 14.4 Å². The first kappa shape index (κ1) is 23.4. The van der Waals surface area contributed by atoms with E-state index in [9.17, 15) is 14.4 Å². The molecule has 4 rings (SSSR count). The van der Waals surface area contributed by atoms with Gasteiger partial charge >= 0.3 is 0 Å². The molecule has 0 radical (unpaired) electrons. The van der Waals surface area contributed by atoms with E-state index in [-0.39, 0.29) is 23.6 Å². The minimum atomic E-state index is -0.388. The summed E-state index contributed by atoms with van der Waals surface area (Å²) in [4.78, 5) is 41.3. The quantitative estimate of drug-likeness (QED) is 0.565. The van der Waals surface area contributed by atoms with E-state index >= 15 is 0 Å².